The van der Waals surface area contributed by atoms with Gasteiger partial charge >= 0.3 is 0 Å². The van der Waals surface area contributed by atoms with E-state index >= 15 is 0 Å². The summed E-state index contributed by atoms with van der Waals surface area (Å²) in [6.45, 7) is -0.293. The molecule has 1 amide bonds. The van der Waals surface area contributed by atoms with Crippen molar-refractivity contribution >= 4 is 56.2 Å². The lowest BCUT2D eigenvalue weighted by Gasteiger charge is -2.22. The van der Waals surface area contributed by atoms with Crippen LogP contribution in [0.1, 0.15) is 49.4 Å². The van der Waals surface area contributed by atoms with Gasteiger partial charge in [-0.15, -0.1) is 0 Å². The highest BCUT2D eigenvalue weighted by Gasteiger charge is 2.22. The Morgan fingerprint density at radius 2 is 1.90 bits per heavy atom. The number of carbonyl (C=O) groups excluding carboxylic acids is 1. The van der Waals surface area contributed by atoms with Crippen LogP contribution in [0.25, 0.3) is 10.9 Å². The Morgan fingerprint density at radius 1 is 1.13 bits per heavy atom. The van der Waals surface area contributed by atoms with Crippen molar-refractivity contribution in [2.45, 2.75) is 38.0 Å². The summed E-state index contributed by atoms with van der Waals surface area (Å²) < 4.78 is 21.0. The van der Waals surface area contributed by atoms with Crippen LogP contribution in [0, 0.1) is 5.82 Å². The third-order valence-electron chi connectivity index (χ3n) is 6.57. The fraction of sp³-hybridized carbons (Fsp3) is 0.241. The van der Waals surface area contributed by atoms with Gasteiger partial charge in [0.25, 0.3) is 11.5 Å². The van der Waals surface area contributed by atoms with Crippen LogP contribution < -0.4 is 15.6 Å². The summed E-state index contributed by atoms with van der Waals surface area (Å²) >= 11 is 9.69. The fourth-order valence-corrected chi connectivity index (χ4v) is 5.19. The number of benzene rings is 3. The molecule has 5 rings (SSSR count). The number of nitrogens with one attached hydrogen (secondary N) is 1. The second kappa shape index (κ2) is 12.1. The van der Waals surface area contributed by atoms with Gasteiger partial charge in [0.15, 0.2) is 6.61 Å². The number of amides is 1. The minimum Gasteiger partial charge on any atom is -0.483 e. The van der Waals surface area contributed by atoms with Gasteiger partial charge in [-0.3, -0.25) is 9.59 Å². The van der Waals surface area contributed by atoms with E-state index in [2.05, 4.69) is 26.3 Å². The molecule has 0 bridgehead atoms. The molecular formula is C29H25BrClFN4O3. The first-order valence-electron chi connectivity index (χ1n) is 12.6. The average Bonchev–Trinajstić information content (AvgIpc) is 2.94. The zero-order valence-electron chi connectivity index (χ0n) is 20.9. The summed E-state index contributed by atoms with van der Waals surface area (Å²) in [5.74, 6) is 0.311. The van der Waals surface area contributed by atoms with Gasteiger partial charge in [-0.1, -0.05) is 46.8 Å². The Kier molecular flexibility index (Phi) is 8.38. The number of nitrogens with zero attached hydrogens (tertiary/aromatic N) is 3. The molecule has 0 saturated heterocycles. The minimum atomic E-state index is -0.417. The molecule has 3 aromatic carbocycles. The number of hydrogen-bond donors (Lipinski definition) is 1. The maximum Gasteiger partial charge on any atom is 0.282 e. The molecule has 0 aliphatic heterocycles. The highest BCUT2D eigenvalue weighted by Crippen LogP contribution is 2.32. The van der Waals surface area contributed by atoms with Crippen LogP contribution in [-0.2, 0) is 4.79 Å². The summed E-state index contributed by atoms with van der Waals surface area (Å²) in [7, 11) is 0. The number of aromatic nitrogens is 2. The van der Waals surface area contributed by atoms with E-state index in [1.54, 1.807) is 24.3 Å². The number of carbonyl (C=O) groups is 1. The second-order valence-corrected chi connectivity index (χ2v) is 10.7. The van der Waals surface area contributed by atoms with Crippen molar-refractivity contribution in [2.75, 3.05) is 11.9 Å². The van der Waals surface area contributed by atoms with Crippen molar-refractivity contribution in [3.63, 3.8) is 0 Å². The lowest BCUT2D eigenvalue weighted by atomic mass is 9.88. The molecule has 1 heterocycles. The molecule has 200 valence electrons. The quantitative estimate of drug-likeness (QED) is 0.231. The maximum absolute atomic E-state index is 13.6. The average molecular weight is 612 g/mol. The first-order chi connectivity index (χ1) is 18.9. The number of anilines is 1. The van der Waals surface area contributed by atoms with E-state index in [0.717, 1.165) is 30.2 Å². The van der Waals surface area contributed by atoms with E-state index < -0.39 is 11.7 Å². The standard InChI is InChI=1S/C29H25BrClFN4O3/c30-20-6-12-25-24(15-20)29(38)36(28(35-25)18-4-2-1-3-5-18)33-16-19-14-21(31)7-13-26(19)39-17-27(37)34-23-10-8-22(32)9-11-23/h6-16,18H,1-5,17H2,(H,34,37). The molecule has 1 aliphatic carbocycles. The summed E-state index contributed by atoms with van der Waals surface area (Å²) in [6.07, 6.45) is 6.71. The first-order valence-corrected chi connectivity index (χ1v) is 13.8. The molecule has 1 fully saturated rings. The van der Waals surface area contributed by atoms with Gasteiger partial charge in [-0.05, 0) is 73.5 Å². The highest BCUT2D eigenvalue weighted by atomic mass is 79.9. The van der Waals surface area contributed by atoms with Gasteiger partial charge in [-0.25, -0.2) is 9.37 Å². The minimum absolute atomic E-state index is 0.127. The first kappa shape index (κ1) is 27.0. The predicted octanol–water partition coefficient (Wildman–Crippen LogP) is 6.90. The van der Waals surface area contributed by atoms with Crippen molar-refractivity contribution < 1.29 is 13.9 Å². The van der Waals surface area contributed by atoms with E-state index in [1.165, 1.54) is 41.6 Å². The van der Waals surface area contributed by atoms with Crippen LogP contribution in [0.3, 0.4) is 0 Å². The molecule has 1 aliphatic rings. The van der Waals surface area contributed by atoms with Gasteiger partial charge in [0.05, 0.1) is 17.1 Å². The van der Waals surface area contributed by atoms with Gasteiger partial charge in [0, 0.05) is 26.7 Å². The van der Waals surface area contributed by atoms with Crippen LogP contribution in [0.5, 0.6) is 5.75 Å². The smallest absolute Gasteiger partial charge is 0.282 e. The van der Waals surface area contributed by atoms with Gasteiger partial charge in [-0.2, -0.15) is 9.78 Å². The van der Waals surface area contributed by atoms with Gasteiger partial charge < -0.3 is 10.1 Å². The van der Waals surface area contributed by atoms with Crippen LogP contribution in [0.4, 0.5) is 10.1 Å². The predicted molar refractivity (Wildman–Crippen MR) is 154 cm³/mol. The molecule has 0 unspecified atom stereocenters. The molecule has 1 aromatic heterocycles. The lowest BCUT2D eigenvalue weighted by molar-refractivity contribution is -0.118. The summed E-state index contributed by atoms with van der Waals surface area (Å²) in [5.41, 5.74) is 1.32. The zero-order chi connectivity index (χ0) is 27.4. The third-order valence-corrected chi connectivity index (χ3v) is 7.30. The topological polar surface area (TPSA) is 85.6 Å². The molecule has 4 aromatic rings. The van der Waals surface area contributed by atoms with E-state index in [0.29, 0.717) is 38.8 Å². The Bertz CT molecular complexity index is 1600. The van der Waals surface area contributed by atoms with E-state index in [1.807, 2.05) is 12.1 Å². The summed E-state index contributed by atoms with van der Waals surface area (Å²) in [4.78, 5) is 30.8. The molecule has 0 atom stereocenters. The zero-order valence-corrected chi connectivity index (χ0v) is 23.2. The van der Waals surface area contributed by atoms with Crippen molar-refractivity contribution in [3.05, 3.63) is 97.7 Å². The molecule has 10 heteroatoms. The fourth-order valence-electron chi connectivity index (χ4n) is 4.65. The maximum atomic E-state index is 13.6. The Hall–Kier alpha value is -3.56. The number of halogens is 3. The number of hydrogen-bond acceptors (Lipinski definition) is 5. The van der Waals surface area contributed by atoms with Crippen LogP contribution in [0.15, 0.2) is 75.0 Å². The van der Waals surface area contributed by atoms with Crippen LogP contribution in [-0.4, -0.2) is 28.4 Å². The summed E-state index contributed by atoms with van der Waals surface area (Å²) in [6, 6.07) is 15.8. The van der Waals surface area contributed by atoms with Crippen molar-refractivity contribution in [1.29, 1.82) is 0 Å². The second-order valence-electron chi connectivity index (χ2n) is 9.35. The largest absolute Gasteiger partial charge is 0.483 e. The molecule has 39 heavy (non-hydrogen) atoms. The SMILES string of the molecule is O=C(COc1ccc(Cl)cc1C=Nn1c(C2CCCCC2)nc2ccc(Br)cc2c1=O)Nc1ccc(F)cc1. The van der Waals surface area contributed by atoms with Gasteiger partial charge in [0.2, 0.25) is 0 Å². The van der Waals surface area contributed by atoms with Crippen molar-refractivity contribution in [3.8, 4) is 5.75 Å². The number of ether oxygens (including phenoxy) is 1. The molecule has 7 nitrogen and oxygen atoms in total. The van der Waals surface area contributed by atoms with Crippen LogP contribution >= 0.6 is 27.5 Å². The summed E-state index contributed by atoms with van der Waals surface area (Å²) in [5, 5.41) is 8.12. The number of fused-ring (bicyclic) bond motifs is 1. The molecule has 1 saturated carbocycles. The van der Waals surface area contributed by atoms with Gasteiger partial charge in [0.1, 0.15) is 17.4 Å². The van der Waals surface area contributed by atoms with Crippen molar-refractivity contribution in [2.24, 2.45) is 5.10 Å². The Balaban J connectivity index is 1.44. The van der Waals surface area contributed by atoms with E-state index in [9.17, 15) is 14.0 Å². The van der Waals surface area contributed by atoms with Crippen molar-refractivity contribution in [1.82, 2.24) is 9.66 Å². The third kappa shape index (κ3) is 6.54. The monoisotopic (exact) mass is 610 g/mol. The van der Waals surface area contributed by atoms with Crippen LogP contribution in [0.2, 0.25) is 5.02 Å². The highest BCUT2D eigenvalue weighted by molar-refractivity contribution is 9.10. The lowest BCUT2D eigenvalue weighted by Crippen LogP contribution is -2.25. The Morgan fingerprint density at radius 3 is 2.67 bits per heavy atom. The van der Waals surface area contributed by atoms with E-state index in [4.69, 9.17) is 21.3 Å². The van der Waals surface area contributed by atoms with E-state index in [-0.39, 0.29) is 18.1 Å². The molecule has 0 spiro atoms. The number of rotatable bonds is 7. The molecule has 1 N–H and O–H groups in total. The molecule has 0 radical (unpaired) electrons. The molecular weight excluding hydrogens is 587 g/mol. The normalized spacial score (nSPS) is 14.1. The Labute approximate surface area is 237 Å².